The molecule has 2 rings (SSSR count). The smallest absolute Gasteiger partial charge is 0.215 e. The molecule has 0 aromatic rings. The summed E-state index contributed by atoms with van der Waals surface area (Å²) in [6.45, 7) is 0. The third kappa shape index (κ3) is 3.42. The highest BCUT2D eigenvalue weighted by atomic mass is 32.2. The normalized spacial score (nSPS) is 30.5. The molecule has 0 amide bonds. The average molecular weight is 281 g/mol. The maximum Gasteiger partial charge on any atom is 0.215 e. The molecule has 1 heterocycles. The van der Waals surface area contributed by atoms with Gasteiger partial charge in [-0.2, -0.15) is 0 Å². The highest BCUT2D eigenvalue weighted by Gasteiger charge is 2.38. The molecule has 5 nitrogen and oxygen atoms in total. The van der Waals surface area contributed by atoms with Crippen molar-refractivity contribution in [3.63, 3.8) is 0 Å². The van der Waals surface area contributed by atoms with Crippen molar-refractivity contribution < 1.29 is 16.8 Å². The standard InChI is InChI=1S/C10H19NO4S2/c12-16(13)7-6-10(8-16)17(14,15)11-9-4-2-1-3-5-9/h9-11H,1-8H2/t10-/m0/s1. The van der Waals surface area contributed by atoms with Crippen LogP contribution < -0.4 is 4.72 Å². The first-order valence-corrected chi connectivity index (χ1v) is 9.47. The Bertz CT molecular complexity index is 463. The second kappa shape index (κ2) is 4.85. The molecule has 1 aliphatic heterocycles. The molecule has 0 unspecified atom stereocenters. The highest BCUT2D eigenvalue weighted by molar-refractivity contribution is 7.95. The molecule has 0 aromatic carbocycles. The van der Waals surface area contributed by atoms with Gasteiger partial charge in [0.15, 0.2) is 9.84 Å². The minimum absolute atomic E-state index is 0.00322. The molecule has 1 atom stereocenters. The number of rotatable bonds is 3. The Hall–Kier alpha value is -0.140. The largest absolute Gasteiger partial charge is 0.229 e. The van der Waals surface area contributed by atoms with E-state index in [-0.39, 0.29) is 24.0 Å². The highest BCUT2D eigenvalue weighted by Crippen LogP contribution is 2.22. The number of hydrogen-bond donors (Lipinski definition) is 1. The summed E-state index contributed by atoms with van der Waals surface area (Å²) in [5, 5.41) is -0.741. The molecule has 100 valence electrons. The van der Waals surface area contributed by atoms with Crippen molar-refractivity contribution in [2.75, 3.05) is 11.5 Å². The summed E-state index contributed by atoms with van der Waals surface area (Å²) in [5.41, 5.74) is 0. The Kier molecular flexibility index (Phi) is 3.80. The topological polar surface area (TPSA) is 80.3 Å². The fourth-order valence-electron chi connectivity index (χ4n) is 2.55. The Labute approximate surface area is 103 Å². The SMILES string of the molecule is O=S1(=O)CC[C@H](S(=O)(=O)NC2CCCCC2)C1. The average Bonchev–Trinajstić information content (AvgIpc) is 2.60. The zero-order valence-corrected chi connectivity index (χ0v) is 11.4. The van der Waals surface area contributed by atoms with E-state index in [4.69, 9.17) is 0 Å². The zero-order chi connectivity index (χ0) is 12.5. The summed E-state index contributed by atoms with van der Waals surface area (Å²) in [7, 11) is -6.60. The fraction of sp³-hybridized carbons (Fsp3) is 1.00. The van der Waals surface area contributed by atoms with Crippen LogP contribution in [0.2, 0.25) is 0 Å². The lowest BCUT2D eigenvalue weighted by molar-refractivity contribution is 0.410. The van der Waals surface area contributed by atoms with Crippen LogP contribution >= 0.6 is 0 Å². The van der Waals surface area contributed by atoms with Crippen molar-refractivity contribution >= 4 is 19.9 Å². The second-order valence-corrected chi connectivity index (χ2v) is 9.24. The van der Waals surface area contributed by atoms with Gasteiger partial charge in [-0.25, -0.2) is 21.6 Å². The van der Waals surface area contributed by atoms with Crippen LogP contribution in [0.4, 0.5) is 0 Å². The molecule has 0 radical (unpaired) electrons. The van der Waals surface area contributed by atoms with Gasteiger partial charge in [-0.05, 0) is 19.3 Å². The lowest BCUT2D eigenvalue weighted by Gasteiger charge is -2.24. The molecule has 1 N–H and O–H groups in total. The number of sulfone groups is 1. The lowest BCUT2D eigenvalue weighted by atomic mass is 9.96. The van der Waals surface area contributed by atoms with Crippen LogP contribution in [0.25, 0.3) is 0 Å². The first kappa shape index (κ1) is 13.3. The van der Waals surface area contributed by atoms with Gasteiger partial charge < -0.3 is 0 Å². The van der Waals surface area contributed by atoms with E-state index in [9.17, 15) is 16.8 Å². The van der Waals surface area contributed by atoms with E-state index in [1.54, 1.807) is 0 Å². The molecule has 2 fully saturated rings. The van der Waals surface area contributed by atoms with Crippen molar-refractivity contribution in [2.24, 2.45) is 0 Å². The second-order valence-electron chi connectivity index (χ2n) is 5.02. The summed E-state index contributed by atoms with van der Waals surface area (Å²) in [6.07, 6.45) is 5.25. The van der Waals surface area contributed by atoms with Crippen LogP contribution in [0.15, 0.2) is 0 Å². The third-order valence-corrected chi connectivity index (χ3v) is 7.49. The Morgan fingerprint density at radius 1 is 1.00 bits per heavy atom. The van der Waals surface area contributed by atoms with Gasteiger partial charge >= 0.3 is 0 Å². The molecular formula is C10H19NO4S2. The Balaban J connectivity index is 1.99. The van der Waals surface area contributed by atoms with Crippen LogP contribution in [0.3, 0.4) is 0 Å². The van der Waals surface area contributed by atoms with E-state index >= 15 is 0 Å². The summed E-state index contributed by atoms with van der Waals surface area (Å²) < 4.78 is 49.3. The molecule has 17 heavy (non-hydrogen) atoms. The number of sulfonamides is 1. The molecule has 2 aliphatic rings. The predicted molar refractivity (Wildman–Crippen MR) is 66.0 cm³/mol. The number of nitrogens with one attached hydrogen (secondary N) is 1. The Morgan fingerprint density at radius 2 is 1.65 bits per heavy atom. The van der Waals surface area contributed by atoms with Crippen molar-refractivity contribution in [1.82, 2.24) is 4.72 Å². The van der Waals surface area contributed by atoms with Crippen LogP contribution in [-0.4, -0.2) is 39.6 Å². The first-order valence-electron chi connectivity index (χ1n) is 6.11. The maximum atomic E-state index is 12.0. The van der Waals surface area contributed by atoms with Gasteiger partial charge in [-0.15, -0.1) is 0 Å². The van der Waals surface area contributed by atoms with Crippen molar-refractivity contribution in [3.05, 3.63) is 0 Å². The Morgan fingerprint density at radius 3 is 2.18 bits per heavy atom. The van der Waals surface area contributed by atoms with Crippen LogP contribution in [-0.2, 0) is 19.9 Å². The summed E-state index contributed by atoms with van der Waals surface area (Å²) in [4.78, 5) is 0. The molecule has 0 bridgehead atoms. The molecule has 1 aliphatic carbocycles. The summed E-state index contributed by atoms with van der Waals surface area (Å²) in [6, 6.07) is 0.0112. The molecule has 7 heteroatoms. The van der Waals surface area contributed by atoms with Gasteiger partial charge in [-0.3, -0.25) is 0 Å². The number of hydrogen-bond acceptors (Lipinski definition) is 4. The molecule has 1 saturated heterocycles. The van der Waals surface area contributed by atoms with E-state index in [1.807, 2.05) is 0 Å². The van der Waals surface area contributed by atoms with E-state index in [1.165, 1.54) is 0 Å². The van der Waals surface area contributed by atoms with Gasteiger partial charge in [0.2, 0.25) is 10.0 Å². The quantitative estimate of drug-likeness (QED) is 0.813. The minimum Gasteiger partial charge on any atom is -0.229 e. The molecule has 0 spiro atoms. The lowest BCUT2D eigenvalue weighted by Crippen LogP contribution is -2.42. The van der Waals surface area contributed by atoms with E-state index in [2.05, 4.69) is 4.72 Å². The minimum atomic E-state index is -3.46. The van der Waals surface area contributed by atoms with Gasteiger partial charge in [0.05, 0.1) is 16.8 Å². The van der Waals surface area contributed by atoms with E-state index in [0.717, 1.165) is 32.1 Å². The monoisotopic (exact) mass is 281 g/mol. The van der Waals surface area contributed by atoms with E-state index < -0.39 is 25.1 Å². The zero-order valence-electron chi connectivity index (χ0n) is 9.76. The molecular weight excluding hydrogens is 262 g/mol. The molecule has 1 saturated carbocycles. The summed E-state index contributed by atoms with van der Waals surface area (Å²) in [5.74, 6) is -0.210. The van der Waals surface area contributed by atoms with Crippen molar-refractivity contribution in [3.8, 4) is 0 Å². The molecule has 0 aromatic heterocycles. The van der Waals surface area contributed by atoms with E-state index in [0.29, 0.717) is 0 Å². The maximum absolute atomic E-state index is 12.0. The third-order valence-electron chi connectivity index (χ3n) is 3.57. The van der Waals surface area contributed by atoms with Crippen molar-refractivity contribution in [1.29, 1.82) is 0 Å². The van der Waals surface area contributed by atoms with Gasteiger partial charge in [0, 0.05) is 6.04 Å². The first-order chi connectivity index (χ1) is 7.89. The predicted octanol–water partition coefficient (Wildman–Crippen LogP) is 0.426. The van der Waals surface area contributed by atoms with Crippen LogP contribution in [0.1, 0.15) is 38.5 Å². The van der Waals surface area contributed by atoms with Gasteiger partial charge in [-0.1, -0.05) is 19.3 Å². The van der Waals surface area contributed by atoms with Crippen LogP contribution in [0.5, 0.6) is 0 Å². The van der Waals surface area contributed by atoms with Gasteiger partial charge in [0.25, 0.3) is 0 Å². The van der Waals surface area contributed by atoms with Gasteiger partial charge in [0.1, 0.15) is 0 Å². The van der Waals surface area contributed by atoms with Crippen molar-refractivity contribution in [2.45, 2.75) is 49.8 Å². The van der Waals surface area contributed by atoms with Crippen LogP contribution in [0, 0.1) is 0 Å². The summed E-state index contributed by atoms with van der Waals surface area (Å²) >= 11 is 0. The fourth-order valence-corrected chi connectivity index (χ4v) is 6.91.